The minimum absolute atomic E-state index is 0.00742. The molecule has 0 fully saturated rings. The fraction of sp³-hybridized carbons (Fsp3) is 0.235. The maximum Gasteiger partial charge on any atom is 0.238 e. The fourth-order valence-electron chi connectivity index (χ4n) is 2.01. The van der Waals surface area contributed by atoms with E-state index in [2.05, 4.69) is 39.4 Å². The van der Waals surface area contributed by atoms with Gasteiger partial charge < -0.3 is 5.32 Å². The van der Waals surface area contributed by atoms with Crippen LogP contribution in [0.1, 0.15) is 24.5 Å². The second-order valence-corrected chi connectivity index (χ2v) is 5.79. The fourth-order valence-corrected chi connectivity index (χ4v) is 2.12. The van der Waals surface area contributed by atoms with E-state index in [-0.39, 0.29) is 10.7 Å². The van der Waals surface area contributed by atoms with Gasteiger partial charge in [-0.15, -0.1) is 0 Å². The van der Waals surface area contributed by atoms with Crippen LogP contribution < -0.4 is 5.32 Å². The van der Waals surface area contributed by atoms with E-state index < -0.39 is 0 Å². The Balaban J connectivity index is 2.16. The summed E-state index contributed by atoms with van der Waals surface area (Å²) >= 11 is 3.38. The van der Waals surface area contributed by atoms with Gasteiger partial charge in [0.05, 0.1) is 4.83 Å². The van der Waals surface area contributed by atoms with Gasteiger partial charge in [0.2, 0.25) is 5.91 Å². The van der Waals surface area contributed by atoms with Gasteiger partial charge in [0, 0.05) is 5.69 Å². The summed E-state index contributed by atoms with van der Waals surface area (Å²) in [5.41, 5.74) is 3.25. The number of para-hydroxylation sites is 1. The Hall–Kier alpha value is -1.61. The molecule has 0 radical (unpaired) electrons. The van der Waals surface area contributed by atoms with Gasteiger partial charge in [0.1, 0.15) is 0 Å². The second kappa shape index (κ2) is 7.25. The van der Waals surface area contributed by atoms with E-state index in [1.807, 2.05) is 43.3 Å². The average molecular weight is 332 g/mol. The first-order valence-corrected chi connectivity index (χ1v) is 7.69. The lowest BCUT2D eigenvalue weighted by Gasteiger charge is -2.13. The number of anilines is 1. The third-order valence-electron chi connectivity index (χ3n) is 3.16. The van der Waals surface area contributed by atoms with Gasteiger partial charge in [0.25, 0.3) is 0 Å². The highest BCUT2D eigenvalue weighted by molar-refractivity contribution is 9.10. The van der Waals surface area contributed by atoms with Crippen LogP contribution in [0.4, 0.5) is 5.69 Å². The maximum absolute atomic E-state index is 12.0. The summed E-state index contributed by atoms with van der Waals surface area (Å²) in [7, 11) is 0. The third kappa shape index (κ3) is 3.94. The molecule has 3 heteroatoms. The average Bonchev–Trinajstić information content (AvgIpc) is 2.49. The minimum atomic E-state index is -0.146. The Kier molecular flexibility index (Phi) is 5.36. The normalized spacial score (nSPS) is 11.9. The predicted molar refractivity (Wildman–Crippen MR) is 87.3 cm³/mol. The van der Waals surface area contributed by atoms with Gasteiger partial charge in [-0.25, -0.2) is 0 Å². The molecule has 0 saturated carbocycles. The summed E-state index contributed by atoms with van der Waals surface area (Å²) in [6.07, 6.45) is 1.59. The van der Waals surface area contributed by atoms with Crippen molar-refractivity contribution in [3.63, 3.8) is 0 Å². The number of nitrogens with one attached hydrogen (secondary N) is 1. The molecular weight excluding hydrogens is 314 g/mol. The molecule has 2 rings (SSSR count). The van der Waals surface area contributed by atoms with Crippen molar-refractivity contribution in [1.29, 1.82) is 0 Å². The monoisotopic (exact) mass is 331 g/mol. The second-order valence-electron chi connectivity index (χ2n) is 4.68. The number of carbonyl (C=O) groups is 1. The van der Waals surface area contributed by atoms with Crippen LogP contribution in [0.2, 0.25) is 0 Å². The van der Waals surface area contributed by atoms with Gasteiger partial charge in [-0.05, 0) is 30.0 Å². The molecule has 2 nitrogen and oxygen atoms in total. The number of carbonyl (C=O) groups excluding carboxylic acids is 1. The number of hydrogen-bond donors (Lipinski definition) is 1. The van der Waals surface area contributed by atoms with Crippen LogP contribution in [0.15, 0.2) is 54.6 Å². The van der Waals surface area contributed by atoms with Crippen molar-refractivity contribution in [1.82, 2.24) is 0 Å². The van der Waals surface area contributed by atoms with E-state index in [0.29, 0.717) is 0 Å². The van der Waals surface area contributed by atoms with E-state index in [4.69, 9.17) is 0 Å². The van der Waals surface area contributed by atoms with Crippen molar-refractivity contribution >= 4 is 27.5 Å². The maximum atomic E-state index is 12.0. The Bertz CT molecular complexity index is 568. The molecule has 0 aliphatic carbocycles. The van der Waals surface area contributed by atoms with E-state index in [9.17, 15) is 4.79 Å². The molecule has 2 aromatic rings. The molecule has 2 aromatic carbocycles. The van der Waals surface area contributed by atoms with Gasteiger partial charge in [0.15, 0.2) is 0 Å². The molecule has 0 aromatic heterocycles. The molecule has 0 aliphatic heterocycles. The molecule has 1 N–H and O–H groups in total. The summed E-state index contributed by atoms with van der Waals surface area (Å²) in [6, 6.07) is 18.2. The number of amides is 1. The molecule has 0 aliphatic rings. The number of halogens is 1. The van der Waals surface area contributed by atoms with Crippen molar-refractivity contribution in [2.75, 3.05) is 5.32 Å². The molecule has 20 heavy (non-hydrogen) atoms. The van der Waals surface area contributed by atoms with Crippen LogP contribution in [0, 0.1) is 0 Å². The molecule has 104 valence electrons. The SMILES string of the molecule is CCC(Br)C(=O)Nc1ccccc1Cc1ccccc1. The van der Waals surface area contributed by atoms with E-state index in [0.717, 1.165) is 24.1 Å². The smallest absolute Gasteiger partial charge is 0.238 e. The largest absolute Gasteiger partial charge is 0.325 e. The summed E-state index contributed by atoms with van der Waals surface area (Å²) in [6.45, 7) is 1.98. The zero-order valence-corrected chi connectivity index (χ0v) is 13.1. The Morgan fingerprint density at radius 1 is 1.10 bits per heavy atom. The van der Waals surface area contributed by atoms with Crippen molar-refractivity contribution in [3.8, 4) is 0 Å². The summed E-state index contributed by atoms with van der Waals surface area (Å²) < 4.78 is 0. The minimum Gasteiger partial charge on any atom is -0.325 e. The molecule has 0 saturated heterocycles. The van der Waals surface area contributed by atoms with Crippen LogP contribution in [0.25, 0.3) is 0 Å². The first kappa shape index (κ1) is 14.8. The lowest BCUT2D eigenvalue weighted by molar-refractivity contribution is -0.115. The van der Waals surface area contributed by atoms with E-state index in [1.54, 1.807) is 0 Å². The van der Waals surface area contributed by atoms with Gasteiger partial charge in [-0.3, -0.25) is 4.79 Å². The zero-order chi connectivity index (χ0) is 14.4. The van der Waals surface area contributed by atoms with Crippen LogP contribution in [0.3, 0.4) is 0 Å². The quantitative estimate of drug-likeness (QED) is 0.809. The molecule has 1 amide bonds. The summed E-state index contributed by atoms with van der Waals surface area (Å²) in [4.78, 5) is 11.8. The van der Waals surface area contributed by atoms with E-state index in [1.165, 1.54) is 5.56 Å². The lowest BCUT2D eigenvalue weighted by Crippen LogP contribution is -2.22. The van der Waals surface area contributed by atoms with Crippen LogP contribution in [-0.2, 0) is 11.2 Å². The van der Waals surface area contributed by atoms with Gasteiger partial charge in [-0.2, -0.15) is 0 Å². The first-order valence-electron chi connectivity index (χ1n) is 6.77. The number of alkyl halides is 1. The van der Waals surface area contributed by atoms with Crippen molar-refractivity contribution in [2.45, 2.75) is 24.6 Å². The Labute approximate surface area is 128 Å². The highest BCUT2D eigenvalue weighted by atomic mass is 79.9. The van der Waals surface area contributed by atoms with Crippen LogP contribution in [-0.4, -0.2) is 10.7 Å². The highest BCUT2D eigenvalue weighted by Gasteiger charge is 2.13. The predicted octanol–water partition coefficient (Wildman–Crippen LogP) is 4.39. The molecule has 0 bridgehead atoms. The van der Waals surface area contributed by atoms with Crippen LogP contribution >= 0.6 is 15.9 Å². The summed E-state index contributed by atoms with van der Waals surface area (Å²) in [5.74, 6) is 0.00742. The zero-order valence-electron chi connectivity index (χ0n) is 11.5. The Morgan fingerprint density at radius 3 is 2.45 bits per heavy atom. The van der Waals surface area contributed by atoms with Crippen LogP contribution in [0.5, 0.6) is 0 Å². The van der Waals surface area contributed by atoms with Crippen molar-refractivity contribution in [3.05, 3.63) is 65.7 Å². The van der Waals surface area contributed by atoms with Crippen molar-refractivity contribution in [2.24, 2.45) is 0 Å². The van der Waals surface area contributed by atoms with Crippen molar-refractivity contribution < 1.29 is 4.79 Å². The summed E-state index contributed by atoms with van der Waals surface area (Å²) in [5, 5.41) is 3.00. The molecule has 0 spiro atoms. The number of rotatable bonds is 5. The molecule has 0 heterocycles. The Morgan fingerprint density at radius 2 is 1.75 bits per heavy atom. The van der Waals surface area contributed by atoms with E-state index >= 15 is 0 Å². The highest BCUT2D eigenvalue weighted by Crippen LogP contribution is 2.20. The standard InChI is InChI=1S/C17H18BrNO/c1-2-15(18)17(20)19-16-11-7-6-10-14(16)12-13-8-4-3-5-9-13/h3-11,15H,2,12H2,1H3,(H,19,20). The number of hydrogen-bond acceptors (Lipinski definition) is 1. The van der Waals surface area contributed by atoms with Gasteiger partial charge >= 0.3 is 0 Å². The molecular formula is C17H18BrNO. The molecule has 1 unspecified atom stereocenters. The number of benzene rings is 2. The van der Waals surface area contributed by atoms with Gasteiger partial charge in [-0.1, -0.05) is 71.4 Å². The first-order chi connectivity index (χ1) is 9.70. The third-order valence-corrected chi connectivity index (χ3v) is 4.22. The lowest BCUT2D eigenvalue weighted by atomic mass is 10.0. The topological polar surface area (TPSA) is 29.1 Å². The molecule has 1 atom stereocenters.